The topological polar surface area (TPSA) is 66.5 Å². The Balaban J connectivity index is 2.35. The third-order valence-electron chi connectivity index (χ3n) is 5.77. The molecule has 0 bridgehead atoms. The maximum absolute atomic E-state index is 12.9. The third kappa shape index (κ3) is 7.02. The van der Waals surface area contributed by atoms with E-state index in [1.807, 2.05) is 25.9 Å². The van der Waals surface area contributed by atoms with Crippen LogP contribution in [0.25, 0.3) is 5.57 Å². The Kier molecular flexibility index (Phi) is 9.04. The van der Waals surface area contributed by atoms with Crippen molar-refractivity contribution in [2.45, 2.75) is 71.2 Å². The highest BCUT2D eigenvalue weighted by atomic mass is 32.2. The smallest absolute Gasteiger partial charge is 0.264 e. The van der Waals surface area contributed by atoms with Crippen LogP contribution in [0, 0.1) is 0 Å². The van der Waals surface area contributed by atoms with Gasteiger partial charge in [-0.3, -0.25) is 4.79 Å². The van der Waals surface area contributed by atoms with E-state index in [9.17, 15) is 13.2 Å². The molecule has 0 spiro atoms. The maximum atomic E-state index is 12.9. The van der Waals surface area contributed by atoms with Gasteiger partial charge in [0, 0.05) is 6.54 Å². The van der Waals surface area contributed by atoms with Gasteiger partial charge in [0.25, 0.3) is 10.0 Å². The number of benzene rings is 2. The molecule has 0 saturated heterocycles. The zero-order valence-corrected chi connectivity index (χ0v) is 22.0. The predicted octanol–water partition coefficient (Wildman–Crippen LogP) is 5.47. The SMILES string of the molecule is CC=C(C)c1cc(C(C)C)c(CC(=O)NS(=O)(=O)c2ccc(CN(C)C)cc2)c(C(C)C)c1. The van der Waals surface area contributed by atoms with Crippen molar-refractivity contribution in [3.05, 3.63) is 70.3 Å². The average molecular weight is 471 g/mol. The summed E-state index contributed by atoms with van der Waals surface area (Å²) >= 11 is 0. The summed E-state index contributed by atoms with van der Waals surface area (Å²) < 4.78 is 27.9. The van der Waals surface area contributed by atoms with Gasteiger partial charge in [-0.05, 0) is 85.3 Å². The highest BCUT2D eigenvalue weighted by Crippen LogP contribution is 2.32. The van der Waals surface area contributed by atoms with Crippen molar-refractivity contribution in [1.29, 1.82) is 0 Å². The highest BCUT2D eigenvalue weighted by Gasteiger charge is 2.22. The first-order valence-electron chi connectivity index (χ1n) is 11.4. The van der Waals surface area contributed by atoms with Crippen molar-refractivity contribution in [2.75, 3.05) is 14.1 Å². The summed E-state index contributed by atoms with van der Waals surface area (Å²) in [6, 6.07) is 10.9. The summed E-state index contributed by atoms with van der Waals surface area (Å²) in [5, 5.41) is 0. The molecule has 0 aromatic heterocycles. The van der Waals surface area contributed by atoms with Gasteiger partial charge in [0.15, 0.2) is 0 Å². The van der Waals surface area contributed by atoms with Crippen LogP contribution in [0.5, 0.6) is 0 Å². The molecule has 33 heavy (non-hydrogen) atoms. The molecule has 6 heteroatoms. The molecule has 0 radical (unpaired) electrons. The summed E-state index contributed by atoms with van der Waals surface area (Å²) in [5.41, 5.74) is 6.40. The fourth-order valence-electron chi connectivity index (χ4n) is 3.89. The summed E-state index contributed by atoms with van der Waals surface area (Å²) in [4.78, 5) is 15.0. The second-order valence-electron chi connectivity index (χ2n) is 9.50. The standard InChI is InChI=1S/C27H38N2O3S/c1-9-20(6)22-14-24(18(2)3)26(25(15-22)19(4)5)16-27(30)28-33(31,32)23-12-10-21(11-13-23)17-29(7)8/h9-15,18-19H,16-17H2,1-8H3,(H,28,30). The number of hydrogen-bond donors (Lipinski definition) is 1. The van der Waals surface area contributed by atoms with Crippen molar-refractivity contribution < 1.29 is 13.2 Å². The average Bonchev–Trinajstić information content (AvgIpc) is 2.72. The van der Waals surface area contributed by atoms with Gasteiger partial charge < -0.3 is 4.90 Å². The first-order chi connectivity index (χ1) is 15.4. The molecular weight excluding hydrogens is 432 g/mol. The van der Waals surface area contributed by atoms with Crippen molar-refractivity contribution in [1.82, 2.24) is 9.62 Å². The van der Waals surface area contributed by atoms with Crippen LogP contribution < -0.4 is 4.72 Å². The normalized spacial score (nSPS) is 12.6. The van der Waals surface area contributed by atoms with E-state index in [-0.39, 0.29) is 23.2 Å². The molecule has 0 unspecified atom stereocenters. The van der Waals surface area contributed by atoms with Crippen LogP contribution in [-0.4, -0.2) is 33.3 Å². The van der Waals surface area contributed by atoms with Crippen LogP contribution in [0.15, 0.2) is 47.4 Å². The molecule has 180 valence electrons. The molecule has 0 saturated carbocycles. The van der Waals surface area contributed by atoms with E-state index in [2.05, 4.69) is 57.5 Å². The zero-order valence-electron chi connectivity index (χ0n) is 21.2. The molecule has 1 amide bonds. The number of allylic oxidation sites excluding steroid dienone is 2. The Morgan fingerprint density at radius 3 is 1.94 bits per heavy atom. The minimum atomic E-state index is -3.94. The quantitative estimate of drug-likeness (QED) is 0.528. The van der Waals surface area contributed by atoms with Crippen molar-refractivity contribution in [3.63, 3.8) is 0 Å². The van der Waals surface area contributed by atoms with Crippen LogP contribution in [-0.2, 0) is 27.8 Å². The van der Waals surface area contributed by atoms with E-state index in [1.165, 1.54) is 5.57 Å². The Morgan fingerprint density at radius 1 is 1.00 bits per heavy atom. The first-order valence-corrected chi connectivity index (χ1v) is 12.9. The number of nitrogens with zero attached hydrogens (tertiary/aromatic N) is 1. The second-order valence-corrected chi connectivity index (χ2v) is 11.2. The Bertz CT molecular complexity index is 1080. The number of hydrogen-bond acceptors (Lipinski definition) is 4. The fraction of sp³-hybridized carbons (Fsp3) is 0.444. The number of nitrogens with one attached hydrogen (secondary N) is 1. The molecule has 2 aromatic rings. The fourth-order valence-corrected chi connectivity index (χ4v) is 4.88. The third-order valence-corrected chi connectivity index (χ3v) is 7.16. The van der Waals surface area contributed by atoms with E-state index in [0.717, 1.165) is 27.8 Å². The van der Waals surface area contributed by atoms with Gasteiger partial charge in [0.05, 0.1) is 11.3 Å². The monoisotopic (exact) mass is 470 g/mol. The lowest BCUT2D eigenvalue weighted by Crippen LogP contribution is -2.32. The molecule has 0 aliphatic heterocycles. The van der Waals surface area contributed by atoms with E-state index in [1.54, 1.807) is 24.3 Å². The van der Waals surface area contributed by atoms with Crippen molar-refractivity contribution in [3.8, 4) is 0 Å². The van der Waals surface area contributed by atoms with Gasteiger partial charge in [-0.2, -0.15) is 0 Å². The molecule has 0 heterocycles. The van der Waals surface area contributed by atoms with Crippen molar-refractivity contribution in [2.24, 2.45) is 0 Å². The van der Waals surface area contributed by atoms with Gasteiger partial charge in [0.1, 0.15) is 0 Å². The van der Waals surface area contributed by atoms with Gasteiger partial charge >= 0.3 is 0 Å². The minimum absolute atomic E-state index is 0.0220. The Hall–Kier alpha value is -2.44. The molecule has 2 rings (SSSR count). The first kappa shape index (κ1) is 26.8. The van der Waals surface area contributed by atoms with Crippen LogP contribution in [0.2, 0.25) is 0 Å². The van der Waals surface area contributed by atoms with E-state index < -0.39 is 15.9 Å². The number of carbonyl (C=O) groups is 1. The van der Waals surface area contributed by atoms with E-state index in [0.29, 0.717) is 6.54 Å². The predicted molar refractivity (Wildman–Crippen MR) is 137 cm³/mol. The summed E-state index contributed by atoms with van der Waals surface area (Å²) in [5.74, 6) is -0.113. The van der Waals surface area contributed by atoms with Crippen LogP contribution in [0.1, 0.15) is 81.2 Å². The number of rotatable bonds is 9. The Labute approximate surface area is 200 Å². The highest BCUT2D eigenvalue weighted by molar-refractivity contribution is 7.90. The van der Waals surface area contributed by atoms with Gasteiger partial charge in [0.2, 0.25) is 5.91 Å². The Morgan fingerprint density at radius 2 is 1.52 bits per heavy atom. The number of amides is 1. The number of carbonyl (C=O) groups excluding carboxylic acids is 1. The van der Waals surface area contributed by atoms with Gasteiger partial charge in [-0.25, -0.2) is 13.1 Å². The molecule has 0 atom stereocenters. The minimum Gasteiger partial charge on any atom is -0.305 e. The molecule has 0 aliphatic carbocycles. The van der Waals surface area contributed by atoms with Crippen LogP contribution in [0.3, 0.4) is 0 Å². The lowest BCUT2D eigenvalue weighted by molar-refractivity contribution is -0.118. The molecule has 0 aliphatic rings. The van der Waals surface area contributed by atoms with Crippen LogP contribution in [0.4, 0.5) is 0 Å². The lowest BCUT2D eigenvalue weighted by Gasteiger charge is -2.22. The van der Waals surface area contributed by atoms with Gasteiger partial charge in [-0.1, -0.05) is 58.0 Å². The van der Waals surface area contributed by atoms with E-state index >= 15 is 0 Å². The second kappa shape index (κ2) is 11.1. The molecule has 5 nitrogen and oxygen atoms in total. The van der Waals surface area contributed by atoms with E-state index in [4.69, 9.17) is 0 Å². The summed E-state index contributed by atoms with van der Waals surface area (Å²) in [6.07, 6.45) is 2.10. The lowest BCUT2D eigenvalue weighted by atomic mass is 9.84. The molecule has 1 N–H and O–H groups in total. The largest absolute Gasteiger partial charge is 0.305 e. The maximum Gasteiger partial charge on any atom is 0.264 e. The summed E-state index contributed by atoms with van der Waals surface area (Å²) in [7, 11) is -0.0339. The summed E-state index contributed by atoms with van der Waals surface area (Å²) in [6.45, 7) is 13.2. The molecule has 2 aromatic carbocycles. The van der Waals surface area contributed by atoms with Crippen LogP contribution >= 0.6 is 0 Å². The molecule has 0 fully saturated rings. The zero-order chi connectivity index (χ0) is 24.9. The number of sulfonamides is 1. The van der Waals surface area contributed by atoms with Crippen molar-refractivity contribution >= 4 is 21.5 Å². The molecular formula is C27H38N2O3S. The van der Waals surface area contributed by atoms with Gasteiger partial charge in [-0.15, -0.1) is 0 Å².